The molecule has 7 rings (SSSR count). The van der Waals surface area contributed by atoms with Crippen molar-refractivity contribution in [3.05, 3.63) is 66.4 Å². The molecule has 0 aliphatic carbocycles. The lowest BCUT2D eigenvalue weighted by molar-refractivity contribution is 0.253. The minimum absolute atomic E-state index is 0.0189. The Labute approximate surface area is 218 Å². The number of anilines is 2. The average Bonchev–Trinajstić information content (AvgIpc) is 3.42. The molecule has 0 saturated heterocycles. The van der Waals surface area contributed by atoms with E-state index in [9.17, 15) is 8.60 Å². The van der Waals surface area contributed by atoms with Crippen LogP contribution in [0.25, 0.3) is 11.0 Å². The van der Waals surface area contributed by atoms with Crippen molar-refractivity contribution >= 4 is 46.3 Å². The van der Waals surface area contributed by atoms with E-state index in [0.29, 0.717) is 28.4 Å². The maximum absolute atomic E-state index is 15.2. The van der Waals surface area contributed by atoms with Crippen molar-refractivity contribution in [1.29, 1.82) is 0 Å². The largest absolute Gasteiger partial charge is 0.467 e. The lowest BCUT2D eigenvalue weighted by Crippen LogP contribution is -2.70. The summed E-state index contributed by atoms with van der Waals surface area (Å²) in [5, 5.41) is 3.17. The molecule has 0 spiro atoms. The van der Waals surface area contributed by atoms with Crippen LogP contribution in [0.15, 0.2) is 58.5 Å². The van der Waals surface area contributed by atoms with E-state index >= 15 is 4.39 Å². The van der Waals surface area contributed by atoms with Gasteiger partial charge in [-0.2, -0.15) is 0 Å². The number of ether oxygens (including phenoxy) is 1. The summed E-state index contributed by atoms with van der Waals surface area (Å²) in [7, 11) is -3.60. The monoisotopic (exact) mass is 559 g/mol. The molecule has 3 aliphatic rings. The summed E-state index contributed by atoms with van der Waals surface area (Å²) in [5.74, 6) is 0.829. The third-order valence-electron chi connectivity index (χ3n) is 6.91. The van der Waals surface area contributed by atoms with Crippen LogP contribution in [0.1, 0.15) is 18.4 Å². The number of nitrogens with one attached hydrogen (secondary N) is 1. The number of pyridine rings is 1. The molecule has 3 unspecified atom stereocenters. The molecular formula is C24H23F2N7O3S2. The van der Waals surface area contributed by atoms with Gasteiger partial charge in [0.15, 0.2) is 12.4 Å². The molecule has 3 aliphatic heterocycles. The highest BCUT2D eigenvalue weighted by Crippen LogP contribution is 2.49. The molecule has 0 radical (unpaired) electrons. The zero-order valence-electron chi connectivity index (χ0n) is 20.4. The van der Waals surface area contributed by atoms with Crippen LogP contribution in [0.3, 0.4) is 0 Å². The Bertz CT molecular complexity index is 1740. The first-order valence-corrected chi connectivity index (χ1v) is 15.4. The van der Waals surface area contributed by atoms with Crippen molar-refractivity contribution in [3.63, 3.8) is 0 Å². The van der Waals surface area contributed by atoms with E-state index in [1.54, 1.807) is 31.3 Å². The minimum atomic E-state index is -2.71. The van der Waals surface area contributed by atoms with Gasteiger partial charge in [-0.3, -0.25) is 4.21 Å². The molecule has 38 heavy (non-hydrogen) atoms. The summed E-state index contributed by atoms with van der Waals surface area (Å²) in [5.41, 5.74) is 7.87. The van der Waals surface area contributed by atoms with Gasteiger partial charge in [-0.25, -0.2) is 33.7 Å². The zero-order chi connectivity index (χ0) is 26.7. The molecule has 1 aromatic carbocycles. The first-order valence-electron chi connectivity index (χ1n) is 11.5. The fourth-order valence-electron chi connectivity index (χ4n) is 4.69. The average molecular weight is 560 g/mol. The Balaban J connectivity index is 1.32. The number of hydrogen-bond donors (Lipinski definition) is 2. The van der Waals surface area contributed by atoms with Crippen molar-refractivity contribution < 1.29 is 22.1 Å². The molecule has 10 nitrogen and oxygen atoms in total. The van der Waals surface area contributed by atoms with Crippen LogP contribution in [0.4, 0.5) is 20.3 Å². The second kappa shape index (κ2) is 8.70. The number of oxazole rings is 1. The number of hydrogen-bond acceptors (Lipinski definition) is 10. The van der Waals surface area contributed by atoms with Crippen molar-refractivity contribution in [2.45, 2.75) is 23.1 Å². The van der Waals surface area contributed by atoms with E-state index in [2.05, 4.69) is 30.2 Å². The Morgan fingerprint density at radius 2 is 2.11 bits per heavy atom. The molecule has 0 fully saturated rings. The topological polar surface area (TPSA) is 141 Å². The van der Waals surface area contributed by atoms with Gasteiger partial charge in [-0.15, -0.1) is 0 Å². The maximum Gasteiger partial charge on any atom is 0.233 e. The third kappa shape index (κ3) is 3.57. The Kier molecular flexibility index (Phi) is 5.65. The van der Waals surface area contributed by atoms with E-state index in [4.69, 9.17) is 14.9 Å². The fraction of sp³-hybridized carbons (Fsp3) is 0.292. The van der Waals surface area contributed by atoms with E-state index in [0.717, 1.165) is 0 Å². The zero-order valence-corrected chi connectivity index (χ0v) is 22.0. The SMILES string of the molecule is C[C@]1(c2cc(Nc3nccc4nc(OCc5ncco5)cnc34)ccc2F)N=C(N)C2(CF)CS1=S2(C)=O. The Morgan fingerprint density at radius 3 is 2.82 bits per heavy atom. The number of halogens is 2. The lowest BCUT2D eigenvalue weighted by atomic mass is 10.0. The third-order valence-corrected chi connectivity index (χ3v) is 16.3. The lowest BCUT2D eigenvalue weighted by Gasteiger charge is -2.53. The smallest absolute Gasteiger partial charge is 0.233 e. The summed E-state index contributed by atoms with van der Waals surface area (Å²) in [4.78, 5) is 20.6. The predicted octanol–water partition coefficient (Wildman–Crippen LogP) is 3.19. The molecule has 198 valence electrons. The normalized spacial score (nSPS) is 28.0. The van der Waals surface area contributed by atoms with E-state index in [-0.39, 0.29) is 29.6 Å². The van der Waals surface area contributed by atoms with Crippen LogP contribution in [0.5, 0.6) is 5.88 Å². The molecule has 3 aromatic heterocycles. The molecule has 3 N–H and O–H groups in total. The quantitative estimate of drug-likeness (QED) is 0.349. The number of alkyl halides is 1. The number of fused-ring (bicyclic) bond motifs is 2. The van der Waals surface area contributed by atoms with Crippen molar-refractivity contribution in [3.8, 4) is 5.88 Å². The number of benzene rings is 1. The summed E-state index contributed by atoms with van der Waals surface area (Å²) < 4.78 is 52.1. The van der Waals surface area contributed by atoms with Crippen LogP contribution in [0.2, 0.25) is 0 Å². The number of amidine groups is 1. The standard InChI is InChI=1S/C24H23F2N7O3S2/c1-23(33-22(27)24(12-25)13-37(23)38(24,2)34)15-9-14(3-4-16(15)26)31-21-20-17(5-6-29-21)32-18(10-30-20)36-11-19-28-7-8-35-19/h3-10H,11-13H2,1-2H3,(H2,27,33)(H,29,31)/t23-,24?,37?,38?/m0/s1. The number of aromatic nitrogens is 4. The van der Waals surface area contributed by atoms with Crippen molar-refractivity contribution in [2.24, 2.45) is 10.7 Å². The number of nitrogens with two attached hydrogens (primary N) is 1. The molecule has 0 amide bonds. The van der Waals surface area contributed by atoms with Gasteiger partial charge in [0.1, 0.15) is 39.7 Å². The molecule has 0 saturated carbocycles. The number of rotatable bonds is 7. The highest BCUT2D eigenvalue weighted by Gasteiger charge is 2.61. The summed E-state index contributed by atoms with van der Waals surface area (Å²) in [6, 6.07) is 6.14. The molecule has 2 bridgehead atoms. The van der Waals surface area contributed by atoms with Gasteiger partial charge in [-0.1, -0.05) is 9.45 Å². The maximum atomic E-state index is 15.2. The first-order chi connectivity index (χ1) is 18.2. The second-order valence-electron chi connectivity index (χ2n) is 9.14. The van der Waals surface area contributed by atoms with Gasteiger partial charge in [0.25, 0.3) is 0 Å². The van der Waals surface area contributed by atoms with Crippen LogP contribution in [0, 0.1) is 5.82 Å². The molecule has 4 aromatic rings. The van der Waals surface area contributed by atoms with Gasteiger partial charge in [-0.05, 0) is 31.2 Å². The van der Waals surface area contributed by atoms with Crippen LogP contribution >= 0.6 is 0 Å². The van der Waals surface area contributed by atoms with Crippen LogP contribution in [-0.4, -0.2) is 53.4 Å². The summed E-state index contributed by atoms with van der Waals surface area (Å²) >= 11 is 0. The van der Waals surface area contributed by atoms with Gasteiger partial charge in [0.05, 0.1) is 17.9 Å². The molecule has 4 atom stereocenters. The van der Waals surface area contributed by atoms with E-state index in [1.807, 2.05) is 0 Å². The summed E-state index contributed by atoms with van der Waals surface area (Å²) in [6.07, 6.45) is 7.53. The molecular weight excluding hydrogens is 536 g/mol. The first kappa shape index (κ1) is 24.7. The molecule has 6 heterocycles. The van der Waals surface area contributed by atoms with Gasteiger partial charge in [0.2, 0.25) is 11.8 Å². The van der Waals surface area contributed by atoms with Gasteiger partial charge < -0.3 is 20.2 Å². The van der Waals surface area contributed by atoms with Crippen LogP contribution in [-0.2, 0) is 29.4 Å². The van der Waals surface area contributed by atoms with Crippen LogP contribution < -0.4 is 15.8 Å². The summed E-state index contributed by atoms with van der Waals surface area (Å²) in [6.45, 7) is 0.963. The minimum Gasteiger partial charge on any atom is -0.467 e. The van der Waals surface area contributed by atoms with E-state index in [1.165, 1.54) is 31.0 Å². The Morgan fingerprint density at radius 1 is 1.26 bits per heavy atom. The fourth-order valence-corrected chi connectivity index (χ4v) is 13.7. The number of nitrogens with zero attached hydrogens (tertiary/aromatic N) is 5. The highest BCUT2D eigenvalue weighted by molar-refractivity contribution is 8.51. The molecule has 14 heteroatoms. The second-order valence-corrected chi connectivity index (χ2v) is 16.4. The highest BCUT2D eigenvalue weighted by atomic mass is 32.9. The predicted molar refractivity (Wildman–Crippen MR) is 142 cm³/mol. The van der Waals surface area contributed by atoms with Gasteiger partial charge >= 0.3 is 0 Å². The van der Waals surface area contributed by atoms with E-state index < -0.39 is 40.1 Å². The Hall–Kier alpha value is -3.65. The van der Waals surface area contributed by atoms with Crippen molar-refractivity contribution in [2.75, 3.05) is 24.0 Å². The number of aliphatic imine (C=N–C) groups is 1. The van der Waals surface area contributed by atoms with Crippen molar-refractivity contribution in [1.82, 2.24) is 19.9 Å². The van der Waals surface area contributed by atoms with Gasteiger partial charge in [0, 0.05) is 37.9 Å².